The fourth-order valence-corrected chi connectivity index (χ4v) is 2.53. The number of carbonyl (C=O) groups is 1. The predicted molar refractivity (Wildman–Crippen MR) is 87.4 cm³/mol. The second-order valence-electron chi connectivity index (χ2n) is 5.34. The molecule has 0 heterocycles. The van der Waals surface area contributed by atoms with E-state index in [1.807, 2.05) is 19.0 Å². The molecule has 0 saturated carbocycles. The molecule has 8 heteroatoms. The van der Waals surface area contributed by atoms with Crippen LogP contribution in [0.1, 0.15) is 0 Å². The number of nitrogens with one attached hydrogen (secondary N) is 2. The average molecular weight is 328 g/mol. The minimum atomic E-state index is -3.44. The highest BCUT2D eigenvalue weighted by atomic mass is 32.2. The Hall–Kier alpha value is -1.48. The molecule has 0 atom stereocenters. The van der Waals surface area contributed by atoms with Crippen LogP contribution in [0.4, 0.5) is 5.69 Å². The molecule has 1 amide bonds. The van der Waals surface area contributed by atoms with Crippen molar-refractivity contribution in [3.8, 4) is 0 Å². The van der Waals surface area contributed by atoms with Crippen LogP contribution in [0.25, 0.3) is 0 Å². The van der Waals surface area contributed by atoms with Crippen LogP contribution in [-0.2, 0) is 14.8 Å². The summed E-state index contributed by atoms with van der Waals surface area (Å²) in [5.41, 5.74) is 0.567. The van der Waals surface area contributed by atoms with E-state index >= 15 is 0 Å². The molecule has 1 rings (SSSR count). The highest BCUT2D eigenvalue weighted by molar-refractivity contribution is 7.89. The lowest BCUT2D eigenvalue weighted by Gasteiger charge is -2.12. The fraction of sp³-hybridized carbons (Fsp3) is 0.500. The van der Waals surface area contributed by atoms with Gasteiger partial charge >= 0.3 is 0 Å². The number of carbonyl (C=O) groups excluding carboxylic acids is 1. The molecule has 22 heavy (non-hydrogen) atoms. The Balaban J connectivity index is 2.53. The van der Waals surface area contributed by atoms with E-state index in [-0.39, 0.29) is 17.3 Å². The molecule has 0 saturated heterocycles. The molecule has 0 aliphatic rings. The quantitative estimate of drug-likeness (QED) is 0.658. The summed E-state index contributed by atoms with van der Waals surface area (Å²) >= 11 is 0. The van der Waals surface area contributed by atoms with Crippen molar-refractivity contribution in [2.75, 3.05) is 53.1 Å². The molecule has 0 radical (unpaired) electrons. The van der Waals surface area contributed by atoms with Crippen LogP contribution in [0.15, 0.2) is 29.2 Å². The summed E-state index contributed by atoms with van der Waals surface area (Å²) in [4.78, 5) is 14.0. The summed E-state index contributed by atoms with van der Waals surface area (Å²) in [6, 6.07) is 6.11. The molecule has 0 aliphatic carbocycles. The van der Waals surface area contributed by atoms with Crippen molar-refractivity contribution in [3.63, 3.8) is 0 Å². The van der Waals surface area contributed by atoms with Gasteiger partial charge in [-0.05, 0) is 38.4 Å². The van der Waals surface area contributed by atoms with Gasteiger partial charge in [0.1, 0.15) is 0 Å². The zero-order valence-electron chi connectivity index (χ0n) is 13.5. The Morgan fingerprint density at radius 3 is 2.18 bits per heavy atom. The SMILES string of the molecule is CN(C)CCNCC(=O)Nc1ccc(S(=O)(=O)N(C)C)cc1. The van der Waals surface area contributed by atoms with Crippen molar-refractivity contribution in [2.24, 2.45) is 0 Å². The van der Waals surface area contributed by atoms with Gasteiger partial charge in [0.05, 0.1) is 11.4 Å². The first-order valence-corrected chi connectivity index (χ1v) is 8.35. The van der Waals surface area contributed by atoms with Gasteiger partial charge in [0.15, 0.2) is 0 Å². The Bertz CT molecular complexity index is 583. The van der Waals surface area contributed by atoms with Gasteiger partial charge in [-0.3, -0.25) is 4.79 Å². The number of benzene rings is 1. The lowest BCUT2D eigenvalue weighted by atomic mass is 10.3. The lowest BCUT2D eigenvalue weighted by Crippen LogP contribution is -2.33. The molecule has 0 aromatic heterocycles. The number of amides is 1. The summed E-state index contributed by atoms with van der Waals surface area (Å²) in [6.07, 6.45) is 0. The van der Waals surface area contributed by atoms with Crippen LogP contribution in [0, 0.1) is 0 Å². The topological polar surface area (TPSA) is 81.8 Å². The monoisotopic (exact) mass is 328 g/mol. The highest BCUT2D eigenvalue weighted by Crippen LogP contribution is 2.16. The number of hydrogen-bond donors (Lipinski definition) is 2. The number of likely N-dealkylation sites (N-methyl/N-ethyl adjacent to an activating group) is 1. The van der Waals surface area contributed by atoms with Crippen LogP contribution < -0.4 is 10.6 Å². The summed E-state index contributed by atoms with van der Waals surface area (Å²) in [5.74, 6) is -0.165. The molecule has 0 spiro atoms. The van der Waals surface area contributed by atoms with Crippen molar-refractivity contribution in [3.05, 3.63) is 24.3 Å². The van der Waals surface area contributed by atoms with E-state index in [1.54, 1.807) is 12.1 Å². The van der Waals surface area contributed by atoms with Crippen LogP contribution >= 0.6 is 0 Å². The molecule has 1 aromatic carbocycles. The van der Waals surface area contributed by atoms with Crippen LogP contribution in [-0.4, -0.2) is 71.4 Å². The van der Waals surface area contributed by atoms with E-state index in [2.05, 4.69) is 10.6 Å². The normalized spacial score (nSPS) is 11.9. The minimum absolute atomic E-state index is 0.165. The van der Waals surface area contributed by atoms with E-state index < -0.39 is 10.0 Å². The first kappa shape index (κ1) is 18.6. The Labute approximate surface area is 132 Å². The molecule has 0 bridgehead atoms. The molecule has 1 aromatic rings. The molecule has 2 N–H and O–H groups in total. The fourth-order valence-electron chi connectivity index (χ4n) is 1.63. The molecule has 7 nitrogen and oxygen atoms in total. The molecule has 124 valence electrons. The smallest absolute Gasteiger partial charge is 0.242 e. The largest absolute Gasteiger partial charge is 0.325 e. The van der Waals surface area contributed by atoms with E-state index in [0.29, 0.717) is 5.69 Å². The molecule has 0 fully saturated rings. The third kappa shape index (κ3) is 5.72. The third-order valence-electron chi connectivity index (χ3n) is 2.94. The first-order valence-electron chi connectivity index (χ1n) is 6.91. The average Bonchev–Trinajstić information content (AvgIpc) is 2.44. The van der Waals surface area contributed by atoms with Gasteiger partial charge in [0, 0.05) is 32.9 Å². The number of sulfonamides is 1. The Morgan fingerprint density at radius 2 is 1.68 bits per heavy atom. The van der Waals surface area contributed by atoms with Crippen LogP contribution in [0.2, 0.25) is 0 Å². The van der Waals surface area contributed by atoms with Crippen molar-refractivity contribution < 1.29 is 13.2 Å². The van der Waals surface area contributed by atoms with E-state index in [4.69, 9.17) is 0 Å². The maximum atomic E-state index is 11.9. The maximum Gasteiger partial charge on any atom is 0.242 e. The van der Waals surface area contributed by atoms with Gasteiger partial charge in [-0.1, -0.05) is 0 Å². The van der Waals surface area contributed by atoms with Crippen molar-refractivity contribution in [1.82, 2.24) is 14.5 Å². The molecular formula is C14H24N4O3S. The van der Waals surface area contributed by atoms with Crippen molar-refractivity contribution in [1.29, 1.82) is 0 Å². The standard InChI is InChI=1S/C14H24N4O3S/c1-17(2)10-9-15-11-14(19)16-12-5-7-13(8-6-12)22(20,21)18(3)4/h5-8,15H,9-11H2,1-4H3,(H,16,19). The van der Waals surface area contributed by atoms with Crippen molar-refractivity contribution in [2.45, 2.75) is 4.90 Å². The van der Waals surface area contributed by atoms with Crippen molar-refractivity contribution >= 4 is 21.6 Å². The van der Waals surface area contributed by atoms with Gasteiger partial charge in [-0.2, -0.15) is 0 Å². The number of hydrogen-bond acceptors (Lipinski definition) is 5. The summed E-state index contributed by atoms with van der Waals surface area (Å²) in [5, 5.41) is 5.75. The first-order chi connectivity index (χ1) is 10.2. The van der Waals surface area contributed by atoms with Crippen LogP contribution in [0.5, 0.6) is 0 Å². The molecule has 0 unspecified atom stereocenters. The Kier molecular flexibility index (Phi) is 6.95. The van der Waals surface area contributed by atoms with Crippen LogP contribution in [0.3, 0.4) is 0 Å². The van der Waals surface area contributed by atoms with Gasteiger partial charge < -0.3 is 15.5 Å². The number of nitrogens with zero attached hydrogens (tertiary/aromatic N) is 2. The van der Waals surface area contributed by atoms with Gasteiger partial charge in [0.25, 0.3) is 0 Å². The van der Waals surface area contributed by atoms with Gasteiger partial charge in [-0.15, -0.1) is 0 Å². The maximum absolute atomic E-state index is 11.9. The van der Waals surface area contributed by atoms with E-state index in [9.17, 15) is 13.2 Å². The van der Waals surface area contributed by atoms with E-state index in [0.717, 1.165) is 17.4 Å². The number of rotatable bonds is 8. The Morgan fingerprint density at radius 1 is 1.09 bits per heavy atom. The highest BCUT2D eigenvalue weighted by Gasteiger charge is 2.16. The number of anilines is 1. The lowest BCUT2D eigenvalue weighted by molar-refractivity contribution is -0.115. The third-order valence-corrected chi connectivity index (χ3v) is 4.77. The van der Waals surface area contributed by atoms with E-state index in [1.165, 1.54) is 26.2 Å². The van der Waals surface area contributed by atoms with Gasteiger partial charge in [-0.25, -0.2) is 12.7 Å². The summed E-state index contributed by atoms with van der Waals surface area (Å²) < 4.78 is 25.0. The molecule has 0 aliphatic heterocycles. The summed E-state index contributed by atoms with van der Waals surface area (Å²) in [6.45, 7) is 1.79. The van der Waals surface area contributed by atoms with Gasteiger partial charge in [0.2, 0.25) is 15.9 Å². The second kappa shape index (κ2) is 8.23. The minimum Gasteiger partial charge on any atom is -0.325 e. The summed E-state index contributed by atoms with van der Waals surface area (Å²) in [7, 11) is 3.44. The zero-order valence-corrected chi connectivity index (χ0v) is 14.3. The molecular weight excluding hydrogens is 304 g/mol. The second-order valence-corrected chi connectivity index (χ2v) is 7.49. The zero-order chi connectivity index (χ0) is 16.8. The predicted octanol–water partition coefficient (Wildman–Crippen LogP) is 0.0266.